The summed E-state index contributed by atoms with van der Waals surface area (Å²) in [7, 11) is 0. The first-order chi connectivity index (χ1) is 22.8. The Kier molecular flexibility index (Phi) is 5.77. The van der Waals surface area contributed by atoms with Crippen LogP contribution in [0.3, 0.4) is 0 Å². The lowest BCUT2D eigenvalue weighted by molar-refractivity contribution is 1.17. The number of para-hydroxylation sites is 4. The zero-order valence-electron chi connectivity index (χ0n) is 24.7. The maximum atomic E-state index is 2.42. The van der Waals surface area contributed by atoms with Gasteiger partial charge in [0.15, 0.2) is 0 Å². The second-order valence-electron chi connectivity index (χ2n) is 11.8. The highest BCUT2D eigenvalue weighted by Gasteiger charge is 2.26. The molecule has 2 aliphatic heterocycles. The van der Waals surface area contributed by atoms with Crippen LogP contribution < -0.4 is 9.80 Å². The van der Waals surface area contributed by atoms with Crippen molar-refractivity contribution in [3.8, 4) is 0 Å². The van der Waals surface area contributed by atoms with Crippen molar-refractivity contribution in [1.29, 1.82) is 0 Å². The van der Waals surface area contributed by atoms with Crippen LogP contribution >= 0.6 is 23.5 Å². The fourth-order valence-corrected chi connectivity index (χ4v) is 9.29. The van der Waals surface area contributed by atoms with Gasteiger partial charge in [-0.3, -0.25) is 0 Å². The number of benzene rings is 8. The van der Waals surface area contributed by atoms with Gasteiger partial charge in [-0.15, -0.1) is 0 Å². The van der Waals surface area contributed by atoms with Gasteiger partial charge in [0.1, 0.15) is 0 Å². The average molecular weight is 623 g/mol. The summed E-state index contributed by atoms with van der Waals surface area (Å²) < 4.78 is 0. The quantitative estimate of drug-likeness (QED) is 0.177. The molecule has 0 amide bonds. The van der Waals surface area contributed by atoms with E-state index in [2.05, 4.69) is 168 Å². The standard InChI is InChI=1S/C42H26N2S2/c1-2-12-30-29(11-1)33-25-27(43-35-13-3-7-17-39(35)45-40-18-8-4-14-36(40)43)21-23-31(33)32-24-22-28(26-34(30)32)44-37-15-5-9-19-41(37)46-42-20-10-6-16-38(42)44/h1-26H. The maximum absolute atomic E-state index is 2.42. The van der Waals surface area contributed by atoms with E-state index in [4.69, 9.17) is 0 Å². The van der Waals surface area contributed by atoms with Crippen molar-refractivity contribution in [3.05, 3.63) is 158 Å². The summed E-state index contributed by atoms with van der Waals surface area (Å²) in [6.07, 6.45) is 0. The van der Waals surface area contributed by atoms with Gasteiger partial charge in [0.2, 0.25) is 0 Å². The fourth-order valence-electron chi connectivity index (χ4n) is 7.18. The second kappa shape index (κ2) is 10.2. The summed E-state index contributed by atoms with van der Waals surface area (Å²) in [5.74, 6) is 0. The summed E-state index contributed by atoms with van der Waals surface area (Å²) >= 11 is 3.69. The Morgan fingerprint density at radius 1 is 0.283 bits per heavy atom. The minimum atomic E-state index is 1.17. The summed E-state index contributed by atoms with van der Waals surface area (Å²) in [4.78, 5) is 9.94. The van der Waals surface area contributed by atoms with Crippen molar-refractivity contribution in [3.63, 3.8) is 0 Å². The molecule has 0 radical (unpaired) electrons. The van der Waals surface area contributed by atoms with Gasteiger partial charge in [-0.1, -0.05) is 108 Å². The summed E-state index contributed by atoms with van der Waals surface area (Å²) in [5, 5.41) is 7.62. The zero-order chi connectivity index (χ0) is 30.2. The molecule has 0 fully saturated rings. The monoisotopic (exact) mass is 622 g/mol. The number of rotatable bonds is 2. The second-order valence-corrected chi connectivity index (χ2v) is 13.9. The highest BCUT2D eigenvalue weighted by molar-refractivity contribution is 8.00. The van der Waals surface area contributed by atoms with Gasteiger partial charge in [-0.2, -0.15) is 0 Å². The third-order valence-corrected chi connectivity index (χ3v) is 11.4. The molecule has 46 heavy (non-hydrogen) atoms. The molecule has 0 N–H and O–H groups in total. The molecule has 8 aromatic carbocycles. The van der Waals surface area contributed by atoms with E-state index in [0.29, 0.717) is 0 Å². The SMILES string of the molecule is c1ccc2c(c1)Sc1ccccc1N2c1ccc2c3ccc(N4c5ccccc5Sc5ccccc54)cc3c3ccccc3c2c1. The smallest absolute Gasteiger partial charge is 0.0601 e. The van der Waals surface area contributed by atoms with Crippen molar-refractivity contribution in [1.82, 2.24) is 0 Å². The summed E-state index contributed by atoms with van der Waals surface area (Å²) in [6, 6.07) is 57.8. The Bertz CT molecular complexity index is 2230. The minimum Gasteiger partial charge on any atom is -0.308 e. The molecule has 2 aliphatic rings. The normalized spacial score (nSPS) is 13.4. The third kappa shape index (κ3) is 3.87. The third-order valence-electron chi connectivity index (χ3n) is 9.18. The van der Waals surface area contributed by atoms with Crippen LogP contribution in [0.1, 0.15) is 0 Å². The van der Waals surface area contributed by atoms with Crippen LogP contribution in [0.2, 0.25) is 0 Å². The van der Waals surface area contributed by atoms with Gasteiger partial charge in [-0.05, 0) is 105 Å². The van der Waals surface area contributed by atoms with Gasteiger partial charge in [0.05, 0.1) is 22.7 Å². The first-order valence-electron chi connectivity index (χ1n) is 15.5. The van der Waals surface area contributed by atoms with E-state index in [9.17, 15) is 0 Å². The van der Waals surface area contributed by atoms with Crippen LogP contribution in [0, 0.1) is 0 Å². The Labute approximate surface area is 275 Å². The Hall–Kier alpha value is -5.16. The lowest BCUT2D eigenvalue weighted by Crippen LogP contribution is -2.14. The van der Waals surface area contributed by atoms with Crippen LogP contribution in [-0.2, 0) is 0 Å². The predicted octanol–water partition coefficient (Wildman–Crippen LogP) is 13.0. The van der Waals surface area contributed by atoms with Gasteiger partial charge in [-0.25, -0.2) is 0 Å². The van der Waals surface area contributed by atoms with Crippen molar-refractivity contribution in [2.45, 2.75) is 19.6 Å². The van der Waals surface area contributed by atoms with Crippen LogP contribution in [0.25, 0.3) is 32.3 Å². The molecule has 0 unspecified atom stereocenters. The topological polar surface area (TPSA) is 6.48 Å². The summed E-state index contributed by atoms with van der Waals surface area (Å²) in [5.41, 5.74) is 7.24. The number of hydrogen-bond acceptors (Lipinski definition) is 4. The van der Waals surface area contributed by atoms with E-state index in [1.165, 1.54) is 86.0 Å². The van der Waals surface area contributed by atoms with Crippen molar-refractivity contribution in [2.75, 3.05) is 9.80 Å². The molecule has 216 valence electrons. The maximum Gasteiger partial charge on any atom is 0.0601 e. The Morgan fingerprint density at radius 3 is 0.957 bits per heavy atom. The van der Waals surface area contributed by atoms with Crippen LogP contribution in [0.5, 0.6) is 0 Å². The largest absolute Gasteiger partial charge is 0.308 e. The first kappa shape index (κ1) is 26.1. The molecule has 0 spiro atoms. The Morgan fingerprint density at radius 2 is 0.587 bits per heavy atom. The van der Waals surface area contributed by atoms with Crippen LogP contribution in [0.15, 0.2) is 177 Å². The summed E-state index contributed by atoms with van der Waals surface area (Å²) in [6.45, 7) is 0. The number of fused-ring (bicyclic) bond motifs is 10. The highest BCUT2D eigenvalue weighted by Crippen LogP contribution is 2.53. The van der Waals surface area contributed by atoms with Crippen LogP contribution in [-0.4, -0.2) is 0 Å². The molecule has 0 bridgehead atoms. The number of nitrogens with zero attached hydrogens (tertiary/aromatic N) is 2. The van der Waals surface area contributed by atoms with Crippen molar-refractivity contribution >= 4 is 90.0 Å². The molecule has 0 saturated carbocycles. The van der Waals surface area contributed by atoms with E-state index in [0.717, 1.165) is 0 Å². The number of anilines is 6. The molecule has 0 atom stereocenters. The molecule has 4 heteroatoms. The van der Waals surface area contributed by atoms with Gasteiger partial charge in [0.25, 0.3) is 0 Å². The lowest BCUT2D eigenvalue weighted by atomic mass is 9.93. The van der Waals surface area contributed by atoms with Crippen molar-refractivity contribution < 1.29 is 0 Å². The Balaban J connectivity index is 1.20. The van der Waals surface area contributed by atoms with E-state index in [-0.39, 0.29) is 0 Å². The predicted molar refractivity (Wildman–Crippen MR) is 197 cm³/mol. The molecule has 2 heterocycles. The lowest BCUT2D eigenvalue weighted by Gasteiger charge is -2.33. The van der Waals surface area contributed by atoms with Crippen LogP contribution in [0.4, 0.5) is 34.1 Å². The molecule has 0 aromatic heterocycles. The molecule has 0 aliphatic carbocycles. The van der Waals surface area contributed by atoms with Crippen molar-refractivity contribution in [2.24, 2.45) is 0 Å². The molecule has 0 saturated heterocycles. The van der Waals surface area contributed by atoms with E-state index in [1.807, 2.05) is 23.5 Å². The molecule has 10 rings (SSSR count). The molecule has 2 nitrogen and oxygen atoms in total. The van der Waals surface area contributed by atoms with E-state index < -0.39 is 0 Å². The first-order valence-corrected chi connectivity index (χ1v) is 17.2. The number of hydrogen-bond donors (Lipinski definition) is 0. The molecular formula is C42H26N2S2. The van der Waals surface area contributed by atoms with Gasteiger partial charge >= 0.3 is 0 Å². The average Bonchev–Trinajstić information content (AvgIpc) is 3.12. The van der Waals surface area contributed by atoms with E-state index in [1.54, 1.807) is 0 Å². The minimum absolute atomic E-state index is 1.17. The highest BCUT2D eigenvalue weighted by atomic mass is 32.2. The zero-order valence-corrected chi connectivity index (χ0v) is 26.4. The van der Waals surface area contributed by atoms with Gasteiger partial charge < -0.3 is 9.80 Å². The molecular weight excluding hydrogens is 597 g/mol. The van der Waals surface area contributed by atoms with Gasteiger partial charge in [0, 0.05) is 31.0 Å². The molecule has 8 aromatic rings. The fraction of sp³-hybridized carbons (Fsp3) is 0. The van der Waals surface area contributed by atoms with E-state index >= 15 is 0 Å².